The van der Waals surface area contributed by atoms with Crippen LogP contribution in [0, 0.1) is 5.41 Å². The van der Waals surface area contributed by atoms with Gasteiger partial charge in [0.05, 0.1) is 23.0 Å². The van der Waals surface area contributed by atoms with Gasteiger partial charge >= 0.3 is 5.97 Å². The molecule has 8 heteroatoms. The van der Waals surface area contributed by atoms with Crippen molar-refractivity contribution in [3.05, 3.63) is 9.35 Å². The van der Waals surface area contributed by atoms with E-state index in [0.29, 0.717) is 23.2 Å². The zero-order chi connectivity index (χ0) is 14.0. The summed E-state index contributed by atoms with van der Waals surface area (Å²) in [5.41, 5.74) is -1.23. The molecule has 1 saturated carbocycles. The summed E-state index contributed by atoms with van der Waals surface area (Å²) in [4.78, 5) is 24.0. The summed E-state index contributed by atoms with van der Waals surface area (Å²) in [7, 11) is 1.51. The molecule has 1 aromatic rings. The van der Waals surface area contributed by atoms with Crippen LogP contribution in [0.5, 0.6) is 5.88 Å². The summed E-state index contributed by atoms with van der Waals surface area (Å²) in [6, 6.07) is 0. The number of halogens is 1. The first-order chi connectivity index (χ1) is 9.01. The van der Waals surface area contributed by atoms with E-state index in [9.17, 15) is 9.59 Å². The second-order valence-corrected chi connectivity index (χ2v) is 6.00. The van der Waals surface area contributed by atoms with Gasteiger partial charge in [-0.25, -0.2) is 0 Å². The Labute approximate surface area is 122 Å². The first-order valence-corrected chi connectivity index (χ1v) is 7.27. The minimum Gasteiger partial charge on any atom is -0.480 e. The van der Waals surface area contributed by atoms with Crippen molar-refractivity contribution < 1.29 is 19.4 Å². The molecule has 1 amide bonds. The molecule has 0 aliphatic heterocycles. The van der Waals surface area contributed by atoms with E-state index in [4.69, 9.17) is 9.84 Å². The number of carboxylic acid groups (broad SMARTS) is 1. The smallest absolute Gasteiger partial charge is 0.319 e. The molecular weight excluding hydrogens is 336 g/mol. The number of ether oxygens (including phenoxy) is 1. The van der Waals surface area contributed by atoms with Crippen LogP contribution in [0.2, 0.25) is 0 Å². The summed E-state index contributed by atoms with van der Waals surface area (Å²) in [5.74, 6) is -1.01. The molecule has 19 heavy (non-hydrogen) atoms. The summed E-state index contributed by atoms with van der Waals surface area (Å²) in [6.07, 6.45) is 1.58. The molecule has 6 nitrogen and oxygen atoms in total. The number of rotatable bonds is 5. The standard InChI is InChI=1S/C11H13BrN2O4S/c1-18-8-7(12)6(19-14-8)5-13-9(15)11(10(16)17)3-2-4-11/h2-5H2,1H3,(H,13,15)(H,16,17). The van der Waals surface area contributed by atoms with Crippen molar-refractivity contribution in [3.63, 3.8) is 0 Å². The molecule has 1 aliphatic rings. The fourth-order valence-corrected chi connectivity index (χ4v) is 3.32. The van der Waals surface area contributed by atoms with E-state index in [0.717, 1.165) is 11.3 Å². The molecule has 0 saturated heterocycles. The zero-order valence-corrected chi connectivity index (χ0v) is 12.6. The average Bonchev–Trinajstić information content (AvgIpc) is 2.65. The van der Waals surface area contributed by atoms with Crippen LogP contribution in [0.25, 0.3) is 0 Å². The first-order valence-electron chi connectivity index (χ1n) is 5.71. The van der Waals surface area contributed by atoms with Crippen LogP contribution in [-0.2, 0) is 16.1 Å². The van der Waals surface area contributed by atoms with Crippen LogP contribution in [0.4, 0.5) is 0 Å². The van der Waals surface area contributed by atoms with Gasteiger partial charge in [-0.1, -0.05) is 6.42 Å². The summed E-state index contributed by atoms with van der Waals surface area (Å²) < 4.78 is 9.76. The molecule has 0 radical (unpaired) electrons. The maximum atomic E-state index is 12.0. The van der Waals surface area contributed by atoms with Crippen molar-refractivity contribution >= 4 is 39.3 Å². The lowest BCUT2D eigenvalue weighted by atomic mass is 9.68. The summed E-state index contributed by atoms with van der Waals surface area (Å²) in [6.45, 7) is 0.246. The molecule has 0 aromatic carbocycles. The van der Waals surface area contributed by atoms with E-state index < -0.39 is 17.3 Å². The van der Waals surface area contributed by atoms with E-state index >= 15 is 0 Å². The number of amides is 1. The number of aromatic nitrogens is 1. The number of hydrogen-bond acceptors (Lipinski definition) is 5. The van der Waals surface area contributed by atoms with Crippen molar-refractivity contribution in [1.29, 1.82) is 0 Å². The van der Waals surface area contributed by atoms with Gasteiger partial charge in [0, 0.05) is 0 Å². The number of carbonyl (C=O) groups is 2. The van der Waals surface area contributed by atoms with Crippen LogP contribution in [0.3, 0.4) is 0 Å². The topological polar surface area (TPSA) is 88.5 Å². The van der Waals surface area contributed by atoms with Crippen molar-refractivity contribution in [2.75, 3.05) is 7.11 Å². The van der Waals surface area contributed by atoms with Gasteiger partial charge in [0.2, 0.25) is 11.8 Å². The van der Waals surface area contributed by atoms with E-state index in [-0.39, 0.29) is 6.54 Å². The van der Waals surface area contributed by atoms with Gasteiger partial charge in [-0.15, -0.1) is 0 Å². The first kappa shape index (κ1) is 14.3. The van der Waals surface area contributed by atoms with Crippen molar-refractivity contribution in [2.45, 2.75) is 25.8 Å². The number of carboxylic acids is 1. The van der Waals surface area contributed by atoms with Crippen molar-refractivity contribution in [2.24, 2.45) is 5.41 Å². The predicted molar refractivity (Wildman–Crippen MR) is 72.1 cm³/mol. The maximum absolute atomic E-state index is 12.0. The Morgan fingerprint density at radius 2 is 2.26 bits per heavy atom. The third-order valence-corrected chi connectivity index (χ3v) is 5.23. The second kappa shape index (κ2) is 5.46. The minimum atomic E-state index is -1.23. The number of aliphatic carboxylic acids is 1. The number of carbonyl (C=O) groups excluding carboxylic acids is 1. The van der Waals surface area contributed by atoms with Gasteiger partial charge < -0.3 is 15.2 Å². The van der Waals surface area contributed by atoms with E-state index in [2.05, 4.69) is 25.6 Å². The highest BCUT2D eigenvalue weighted by atomic mass is 79.9. The van der Waals surface area contributed by atoms with Gasteiger partial charge in [-0.05, 0) is 40.3 Å². The Morgan fingerprint density at radius 3 is 2.68 bits per heavy atom. The fraction of sp³-hybridized carbons (Fsp3) is 0.545. The highest BCUT2D eigenvalue weighted by Crippen LogP contribution is 2.41. The van der Waals surface area contributed by atoms with E-state index in [1.165, 1.54) is 18.6 Å². The molecule has 2 N–H and O–H groups in total. The molecule has 0 unspecified atom stereocenters. The molecule has 2 rings (SSSR count). The fourth-order valence-electron chi connectivity index (χ4n) is 1.93. The normalized spacial score (nSPS) is 16.5. The second-order valence-electron chi connectivity index (χ2n) is 4.35. The quantitative estimate of drug-likeness (QED) is 0.792. The monoisotopic (exact) mass is 348 g/mol. The van der Waals surface area contributed by atoms with E-state index in [1.54, 1.807) is 0 Å². The Kier molecular flexibility index (Phi) is 4.10. The Morgan fingerprint density at radius 1 is 1.58 bits per heavy atom. The summed E-state index contributed by atoms with van der Waals surface area (Å²) in [5, 5.41) is 11.8. The third kappa shape index (κ3) is 2.46. The van der Waals surface area contributed by atoms with Gasteiger partial charge in [0.15, 0.2) is 0 Å². The molecule has 1 fully saturated rings. The Balaban J connectivity index is 2.00. The van der Waals surface area contributed by atoms with Crippen LogP contribution < -0.4 is 10.1 Å². The highest BCUT2D eigenvalue weighted by molar-refractivity contribution is 9.10. The summed E-state index contributed by atoms with van der Waals surface area (Å²) >= 11 is 4.53. The van der Waals surface area contributed by atoms with Crippen molar-refractivity contribution in [3.8, 4) is 5.88 Å². The van der Waals surface area contributed by atoms with Gasteiger partial charge in [0.1, 0.15) is 5.41 Å². The maximum Gasteiger partial charge on any atom is 0.319 e. The molecule has 1 heterocycles. The van der Waals surface area contributed by atoms with Gasteiger partial charge in [-0.3, -0.25) is 9.59 Å². The lowest BCUT2D eigenvalue weighted by molar-refractivity contribution is -0.162. The largest absolute Gasteiger partial charge is 0.480 e. The predicted octanol–water partition coefficient (Wildman–Crippen LogP) is 1.79. The number of nitrogens with zero attached hydrogens (tertiary/aromatic N) is 1. The van der Waals surface area contributed by atoms with Crippen LogP contribution in [0.1, 0.15) is 24.1 Å². The average molecular weight is 349 g/mol. The zero-order valence-electron chi connectivity index (χ0n) is 10.2. The molecule has 0 bridgehead atoms. The number of nitrogens with one attached hydrogen (secondary N) is 1. The van der Waals surface area contributed by atoms with Crippen LogP contribution in [0.15, 0.2) is 4.47 Å². The number of hydrogen-bond donors (Lipinski definition) is 2. The SMILES string of the molecule is COc1nsc(CNC(=O)C2(C(=O)O)CCC2)c1Br. The van der Waals surface area contributed by atoms with Gasteiger partial charge in [0.25, 0.3) is 0 Å². The van der Waals surface area contributed by atoms with Crippen molar-refractivity contribution in [1.82, 2.24) is 9.69 Å². The molecule has 0 atom stereocenters. The van der Waals surface area contributed by atoms with Gasteiger partial charge in [-0.2, -0.15) is 4.37 Å². The molecule has 0 spiro atoms. The minimum absolute atomic E-state index is 0.246. The Bertz CT molecular complexity index is 513. The molecule has 104 valence electrons. The molecule has 1 aliphatic carbocycles. The highest BCUT2D eigenvalue weighted by Gasteiger charge is 2.51. The molecule has 1 aromatic heterocycles. The third-order valence-electron chi connectivity index (χ3n) is 3.33. The lowest BCUT2D eigenvalue weighted by Gasteiger charge is -2.35. The van der Waals surface area contributed by atoms with Crippen LogP contribution in [-0.4, -0.2) is 28.5 Å². The van der Waals surface area contributed by atoms with Crippen LogP contribution >= 0.6 is 27.5 Å². The van der Waals surface area contributed by atoms with E-state index in [1.807, 2.05) is 0 Å². The molecular formula is C11H13BrN2O4S. The lowest BCUT2D eigenvalue weighted by Crippen LogP contribution is -2.50. The number of methoxy groups -OCH3 is 1. The Hall–Kier alpha value is -1.15.